The largest absolute Gasteiger partial charge is 1.00 e. The quantitative estimate of drug-likeness (QED) is 0.315. The van der Waals surface area contributed by atoms with E-state index in [9.17, 15) is 8.63 Å². The van der Waals surface area contributed by atoms with Gasteiger partial charge in [0.2, 0.25) is 0 Å². The summed E-state index contributed by atoms with van der Waals surface area (Å²) in [7, 11) is -2.35. The van der Waals surface area contributed by atoms with Crippen molar-refractivity contribution in [2.45, 2.75) is 0 Å². The Labute approximate surface area is 83.3 Å². The summed E-state index contributed by atoms with van der Waals surface area (Å²) in [5.74, 6) is 0.583. The molecule has 0 aromatic carbocycles. The van der Waals surface area contributed by atoms with Crippen LogP contribution in [-0.2, 0) is 0 Å². The number of halogens is 3. The third kappa shape index (κ3) is 19.0. The van der Waals surface area contributed by atoms with E-state index in [0.29, 0.717) is 5.98 Å². The molecule has 0 aromatic rings. The topological polar surface area (TPSA) is 0 Å². The summed E-state index contributed by atoms with van der Waals surface area (Å²) in [5.41, 5.74) is 0. The average Bonchev–Trinajstić information content (AvgIpc) is 1.38. The van der Waals surface area contributed by atoms with Crippen LogP contribution in [0.15, 0.2) is 12.6 Å². The molecule has 0 heterocycles. The van der Waals surface area contributed by atoms with Crippen molar-refractivity contribution in [2.24, 2.45) is 0 Å². The Morgan fingerprint density at radius 1 is 1.43 bits per heavy atom. The Morgan fingerprint density at radius 2 is 1.57 bits per heavy atom. The van der Waals surface area contributed by atoms with E-state index in [2.05, 4.69) is 6.58 Å². The van der Waals surface area contributed by atoms with Gasteiger partial charge >= 0.3 is 58.7 Å². The zero-order chi connectivity index (χ0) is 4.28. The van der Waals surface area contributed by atoms with Crippen molar-refractivity contribution in [3.63, 3.8) is 0 Å². The van der Waals surface area contributed by atoms with E-state index in [0.717, 1.165) is 0 Å². The molecule has 0 aliphatic heterocycles. The maximum atomic E-state index is 10.6. The van der Waals surface area contributed by atoms with Crippen molar-refractivity contribution < 1.29 is 64.7 Å². The van der Waals surface area contributed by atoms with Gasteiger partial charge in [0.25, 0.3) is 0 Å². The summed E-state index contributed by atoms with van der Waals surface area (Å²) >= 11 is 0. The second-order valence-corrected chi connectivity index (χ2v) is 0.570. The average molecular weight is 134 g/mol. The zero-order valence-electron chi connectivity index (χ0n) is 4.00. The maximum absolute atomic E-state index is 10.6. The molecule has 0 N–H and O–H groups in total. The van der Waals surface area contributed by atoms with E-state index in [-0.39, 0.29) is 56.1 Å². The first-order chi connectivity index (χ1) is 2.27. The molecule has 0 aliphatic carbocycles. The van der Waals surface area contributed by atoms with Crippen LogP contribution in [0, 0.1) is 0 Å². The summed E-state index contributed by atoms with van der Waals surface area (Å²) in [4.78, 5) is 0. The molecule has 5 heteroatoms. The zero-order valence-corrected chi connectivity index (χ0v) is 7.12. The molecule has 0 atom stereocenters. The van der Waals surface area contributed by atoms with Crippen molar-refractivity contribution >= 4 is 7.27 Å². The van der Waals surface area contributed by atoms with Gasteiger partial charge in [-0.05, 0) is 0 Å². The van der Waals surface area contributed by atoms with Crippen molar-refractivity contribution in [3.8, 4) is 0 Å². The fourth-order valence-electron chi connectivity index (χ4n) is 0. The standard InChI is InChI=1S/C2H3BF2.FH.K/c1-2-3(4)5;;/h2H,1H2;1H;/q;;+1/p-1. The summed E-state index contributed by atoms with van der Waals surface area (Å²) in [5, 5.41) is 0. The summed E-state index contributed by atoms with van der Waals surface area (Å²) in [6, 6.07) is 0. The van der Waals surface area contributed by atoms with Crippen LogP contribution in [0.2, 0.25) is 0 Å². The van der Waals surface area contributed by atoms with Crippen LogP contribution in [0.4, 0.5) is 8.63 Å². The first kappa shape index (κ1) is 15.7. The molecule has 0 nitrogen and oxygen atoms in total. The minimum Gasteiger partial charge on any atom is -1.00 e. The molecule has 0 saturated carbocycles. The third-order valence-electron chi connectivity index (χ3n) is 0.178. The fourth-order valence-corrected chi connectivity index (χ4v) is 0. The van der Waals surface area contributed by atoms with E-state index < -0.39 is 7.27 Å². The molecule has 0 amide bonds. The van der Waals surface area contributed by atoms with Crippen LogP contribution >= 0.6 is 0 Å². The Morgan fingerprint density at radius 3 is 1.57 bits per heavy atom. The summed E-state index contributed by atoms with van der Waals surface area (Å²) < 4.78 is 21.3. The van der Waals surface area contributed by atoms with E-state index in [1.165, 1.54) is 0 Å². The van der Waals surface area contributed by atoms with Gasteiger partial charge in [-0.2, -0.15) is 0 Å². The first-order valence-corrected chi connectivity index (χ1v) is 1.18. The Hall–Kier alpha value is 1.23. The van der Waals surface area contributed by atoms with Crippen LogP contribution in [0.25, 0.3) is 0 Å². The predicted molar refractivity (Wildman–Crippen MR) is 18.2 cm³/mol. The van der Waals surface area contributed by atoms with E-state index in [1.807, 2.05) is 0 Å². The van der Waals surface area contributed by atoms with Gasteiger partial charge in [0.15, 0.2) is 0 Å². The minimum atomic E-state index is -2.35. The summed E-state index contributed by atoms with van der Waals surface area (Å²) in [6.45, 7) is 2.81. The molecular weight excluding hydrogens is 131 g/mol. The second kappa shape index (κ2) is 10.3. The molecule has 0 spiro atoms. The molecule has 0 unspecified atom stereocenters. The number of rotatable bonds is 1. The van der Waals surface area contributed by atoms with E-state index in [1.54, 1.807) is 0 Å². The molecule has 0 radical (unpaired) electrons. The summed E-state index contributed by atoms with van der Waals surface area (Å²) in [6.07, 6.45) is 0. The van der Waals surface area contributed by atoms with Crippen LogP contribution in [0.1, 0.15) is 0 Å². The monoisotopic (exact) mass is 134 g/mol. The molecule has 0 saturated heterocycles. The fraction of sp³-hybridized carbons (Fsp3) is 0. The smallest absolute Gasteiger partial charge is 1.00 e. The molecule has 36 valence electrons. The first-order valence-electron chi connectivity index (χ1n) is 1.18. The molecular formula is C2H3BF3K. The molecule has 0 aromatic heterocycles. The van der Waals surface area contributed by atoms with Crippen LogP contribution in [0.3, 0.4) is 0 Å². The molecule has 0 fully saturated rings. The van der Waals surface area contributed by atoms with Crippen LogP contribution in [-0.4, -0.2) is 7.27 Å². The van der Waals surface area contributed by atoms with E-state index >= 15 is 0 Å². The second-order valence-electron chi connectivity index (χ2n) is 0.570. The maximum Gasteiger partial charge on any atom is 1.00 e. The predicted octanol–water partition coefficient (Wildman–Crippen LogP) is -4.85. The van der Waals surface area contributed by atoms with Gasteiger partial charge in [0.1, 0.15) is 0 Å². The molecule has 0 rings (SSSR count). The van der Waals surface area contributed by atoms with Crippen molar-refractivity contribution in [1.82, 2.24) is 0 Å². The Bertz CT molecular complexity index is 39.9. The SMILES string of the molecule is C=CB(F)F.[F-].[K+]. The van der Waals surface area contributed by atoms with Gasteiger partial charge in [-0.25, -0.2) is 0 Å². The van der Waals surface area contributed by atoms with E-state index in [4.69, 9.17) is 0 Å². The van der Waals surface area contributed by atoms with Gasteiger partial charge in [-0.1, -0.05) is 5.98 Å². The van der Waals surface area contributed by atoms with Gasteiger partial charge in [-0.15, -0.1) is 6.58 Å². The van der Waals surface area contributed by atoms with Crippen molar-refractivity contribution in [1.29, 1.82) is 0 Å². The van der Waals surface area contributed by atoms with Crippen molar-refractivity contribution in [3.05, 3.63) is 12.6 Å². The van der Waals surface area contributed by atoms with Crippen LogP contribution in [0.5, 0.6) is 0 Å². The van der Waals surface area contributed by atoms with Gasteiger partial charge in [0.05, 0.1) is 0 Å². The van der Waals surface area contributed by atoms with Crippen LogP contribution < -0.4 is 56.1 Å². The Kier molecular flexibility index (Phi) is 23.1. The number of hydrogen-bond donors (Lipinski definition) is 0. The Balaban J connectivity index is -0.0000000800. The molecule has 7 heavy (non-hydrogen) atoms. The molecule has 0 bridgehead atoms. The minimum absolute atomic E-state index is 0. The molecule has 0 aliphatic rings. The van der Waals surface area contributed by atoms with Crippen molar-refractivity contribution in [2.75, 3.05) is 0 Å². The van der Waals surface area contributed by atoms with Gasteiger partial charge < -0.3 is 4.70 Å². The van der Waals surface area contributed by atoms with Gasteiger partial charge in [-0.3, -0.25) is 8.63 Å². The normalized spacial score (nSPS) is 4.86. The number of hydrogen-bond acceptors (Lipinski definition) is 0. The third-order valence-corrected chi connectivity index (χ3v) is 0.178. The van der Waals surface area contributed by atoms with Gasteiger partial charge in [0, 0.05) is 0 Å².